The summed E-state index contributed by atoms with van der Waals surface area (Å²) in [6.07, 6.45) is 9.27. The van der Waals surface area contributed by atoms with Crippen LogP contribution in [0, 0.1) is 5.41 Å². The van der Waals surface area contributed by atoms with Gasteiger partial charge >= 0.3 is 0 Å². The highest BCUT2D eigenvalue weighted by Gasteiger charge is 2.29. The summed E-state index contributed by atoms with van der Waals surface area (Å²) in [6.45, 7) is 4.70. The van der Waals surface area contributed by atoms with Crippen molar-refractivity contribution < 1.29 is 0 Å². The Hall–Kier alpha value is -5.98. The van der Waals surface area contributed by atoms with E-state index in [1.165, 1.54) is 98.1 Å². The molecule has 230 valence electrons. The maximum Gasteiger partial charge on any atom is 0.00907 e. The normalized spacial score (nSPS) is 14.7. The van der Waals surface area contributed by atoms with Crippen LogP contribution in [0.1, 0.15) is 13.8 Å². The smallest absolute Gasteiger partial charge is 0.00907 e. The van der Waals surface area contributed by atoms with Gasteiger partial charge in [0.15, 0.2) is 0 Å². The van der Waals surface area contributed by atoms with Gasteiger partial charge in [-0.15, -0.1) is 0 Å². The van der Waals surface area contributed by atoms with Crippen LogP contribution >= 0.6 is 0 Å². The van der Waals surface area contributed by atoms with E-state index in [1.54, 1.807) is 0 Å². The molecule has 49 heavy (non-hydrogen) atoms. The van der Waals surface area contributed by atoms with Crippen LogP contribution in [0.15, 0.2) is 169 Å². The van der Waals surface area contributed by atoms with Crippen molar-refractivity contribution in [2.75, 3.05) is 0 Å². The quantitative estimate of drug-likeness (QED) is 0.136. The van der Waals surface area contributed by atoms with Crippen molar-refractivity contribution in [3.8, 4) is 33.4 Å². The highest BCUT2D eigenvalue weighted by molar-refractivity contribution is 6.21. The van der Waals surface area contributed by atoms with E-state index in [4.69, 9.17) is 0 Å². The second-order valence-corrected chi connectivity index (χ2v) is 14.1. The molecule has 0 bridgehead atoms. The van der Waals surface area contributed by atoms with Crippen LogP contribution in [0.2, 0.25) is 0 Å². The zero-order chi connectivity index (χ0) is 32.7. The molecular formula is C49H34. The molecule has 0 saturated carbocycles. The molecule has 0 radical (unpaired) electrons. The molecule has 10 rings (SSSR count). The molecule has 0 nitrogen and oxygen atoms in total. The maximum absolute atomic E-state index is 2.45. The summed E-state index contributed by atoms with van der Waals surface area (Å²) in [5.41, 5.74) is 10.3. The lowest BCUT2D eigenvalue weighted by molar-refractivity contribution is 0.645. The summed E-state index contributed by atoms with van der Waals surface area (Å²) in [4.78, 5) is 0. The molecule has 2 aliphatic carbocycles. The Labute approximate surface area is 286 Å². The van der Waals surface area contributed by atoms with Gasteiger partial charge in [0.05, 0.1) is 0 Å². The van der Waals surface area contributed by atoms with Crippen molar-refractivity contribution in [1.82, 2.24) is 0 Å². The highest BCUT2D eigenvalue weighted by Crippen LogP contribution is 2.45. The summed E-state index contributed by atoms with van der Waals surface area (Å²) in [7, 11) is 0. The third-order valence-corrected chi connectivity index (χ3v) is 10.8. The van der Waals surface area contributed by atoms with E-state index >= 15 is 0 Å². The van der Waals surface area contributed by atoms with Crippen molar-refractivity contribution >= 4 is 54.7 Å². The number of allylic oxidation sites excluding steroid dienone is 4. The molecule has 0 saturated heterocycles. The fraction of sp³-hybridized carbons (Fsp3) is 0.0612. The Kier molecular flexibility index (Phi) is 6.02. The fourth-order valence-electron chi connectivity index (χ4n) is 8.70. The third kappa shape index (κ3) is 4.17. The molecule has 0 aromatic heterocycles. The molecule has 0 atom stereocenters. The summed E-state index contributed by atoms with van der Waals surface area (Å²) < 4.78 is 0. The van der Waals surface area contributed by atoms with Crippen LogP contribution in [0.5, 0.6) is 0 Å². The van der Waals surface area contributed by atoms with Gasteiger partial charge < -0.3 is 0 Å². The highest BCUT2D eigenvalue weighted by atomic mass is 14.3. The molecular weight excluding hydrogens is 589 g/mol. The number of fused-ring (bicyclic) bond motifs is 9. The van der Waals surface area contributed by atoms with Gasteiger partial charge in [0.1, 0.15) is 0 Å². The van der Waals surface area contributed by atoms with E-state index in [-0.39, 0.29) is 5.41 Å². The first-order chi connectivity index (χ1) is 24.1. The van der Waals surface area contributed by atoms with Crippen LogP contribution < -0.4 is 10.4 Å². The standard InChI is InChI=1S/C49H34/c1-49(2)27-13-18-35-30-44-37-20-7-6-19-36(37)38-26-25-33(29-43(38)47(44)48(35)49)32-16-12-17-34(28-32)46-41-23-10-8-21-39(41)45(31-14-4-3-5-15-31)40-22-9-11-24-42(40)46/h3-30H,1-2H3. The molecule has 8 aromatic carbocycles. The van der Waals surface area contributed by atoms with Crippen molar-refractivity contribution in [1.29, 1.82) is 0 Å². The van der Waals surface area contributed by atoms with Gasteiger partial charge in [-0.2, -0.15) is 0 Å². The molecule has 8 aromatic rings. The second-order valence-electron chi connectivity index (χ2n) is 14.1. The molecule has 0 heterocycles. The molecule has 0 N–H and O–H groups in total. The van der Waals surface area contributed by atoms with E-state index < -0.39 is 0 Å². The van der Waals surface area contributed by atoms with Crippen LogP contribution in [0.4, 0.5) is 0 Å². The molecule has 0 aliphatic heterocycles. The lowest BCUT2D eigenvalue weighted by Gasteiger charge is -2.27. The molecule has 2 aliphatic rings. The van der Waals surface area contributed by atoms with Gasteiger partial charge in [0.2, 0.25) is 0 Å². The predicted molar refractivity (Wildman–Crippen MR) is 211 cm³/mol. The Balaban J connectivity index is 1.24. The Morgan fingerprint density at radius 3 is 1.63 bits per heavy atom. The van der Waals surface area contributed by atoms with Crippen molar-refractivity contribution in [2.45, 2.75) is 13.8 Å². The van der Waals surface area contributed by atoms with E-state index in [0.717, 1.165) is 0 Å². The minimum absolute atomic E-state index is 0.0504. The Bertz CT molecular complexity index is 2820. The number of hydrogen-bond donors (Lipinski definition) is 0. The largest absolute Gasteiger partial charge is 0.0744 e. The monoisotopic (exact) mass is 622 g/mol. The van der Waals surface area contributed by atoms with E-state index in [9.17, 15) is 0 Å². The average Bonchev–Trinajstić information content (AvgIpc) is 3.56. The van der Waals surface area contributed by atoms with E-state index in [1.807, 2.05) is 0 Å². The Morgan fingerprint density at radius 1 is 0.408 bits per heavy atom. The molecule has 0 amide bonds. The van der Waals surface area contributed by atoms with Gasteiger partial charge in [-0.1, -0.05) is 166 Å². The molecule has 0 fully saturated rings. The van der Waals surface area contributed by atoms with Gasteiger partial charge in [0.25, 0.3) is 0 Å². The minimum atomic E-state index is -0.0504. The van der Waals surface area contributed by atoms with Gasteiger partial charge in [-0.25, -0.2) is 0 Å². The number of hydrogen-bond acceptors (Lipinski definition) is 0. The zero-order valence-electron chi connectivity index (χ0n) is 27.7. The topological polar surface area (TPSA) is 0 Å². The van der Waals surface area contributed by atoms with E-state index in [2.05, 4.69) is 184 Å². The van der Waals surface area contributed by atoms with Crippen LogP contribution in [-0.2, 0) is 0 Å². The maximum atomic E-state index is 2.45. The van der Waals surface area contributed by atoms with Crippen molar-refractivity contribution in [3.63, 3.8) is 0 Å². The first-order valence-electron chi connectivity index (χ1n) is 17.3. The molecule has 0 unspecified atom stereocenters. The summed E-state index contributed by atoms with van der Waals surface area (Å²) in [6, 6.07) is 53.9. The SMILES string of the molecule is CC1(C)C=CC=C2C=c3c(c4cc(-c5cccc(-c6c7ccccc7c(-c7ccccc7)c7ccccc67)c5)ccc4c4ccccc34)=C21. The average molecular weight is 623 g/mol. The first-order valence-corrected chi connectivity index (χ1v) is 17.3. The number of rotatable bonds is 3. The lowest BCUT2D eigenvalue weighted by Crippen LogP contribution is -2.29. The summed E-state index contributed by atoms with van der Waals surface area (Å²) in [5.74, 6) is 0. The van der Waals surface area contributed by atoms with Gasteiger partial charge in [0, 0.05) is 5.41 Å². The minimum Gasteiger partial charge on any atom is -0.0744 e. The first kappa shape index (κ1) is 28.1. The van der Waals surface area contributed by atoms with Crippen LogP contribution in [0.25, 0.3) is 88.1 Å². The number of benzene rings is 8. The van der Waals surface area contributed by atoms with Gasteiger partial charge in [-0.3, -0.25) is 0 Å². The third-order valence-electron chi connectivity index (χ3n) is 10.8. The zero-order valence-corrected chi connectivity index (χ0v) is 27.7. The van der Waals surface area contributed by atoms with E-state index in [0.29, 0.717) is 0 Å². The lowest BCUT2D eigenvalue weighted by atomic mass is 9.77. The predicted octanol–water partition coefficient (Wildman–Crippen LogP) is 11.8. The van der Waals surface area contributed by atoms with Crippen molar-refractivity contribution in [2.24, 2.45) is 5.41 Å². The Morgan fingerprint density at radius 2 is 0.939 bits per heavy atom. The summed E-state index contributed by atoms with van der Waals surface area (Å²) in [5, 5.41) is 13.1. The fourth-order valence-corrected chi connectivity index (χ4v) is 8.70. The molecule has 0 spiro atoms. The van der Waals surface area contributed by atoms with Crippen LogP contribution in [0.3, 0.4) is 0 Å². The van der Waals surface area contributed by atoms with Gasteiger partial charge in [-0.05, 0) is 116 Å². The molecule has 0 heteroatoms. The second kappa shape index (κ2) is 10.5. The van der Waals surface area contributed by atoms with Crippen molar-refractivity contribution in [3.05, 3.63) is 180 Å². The summed E-state index contributed by atoms with van der Waals surface area (Å²) >= 11 is 0. The van der Waals surface area contributed by atoms with Crippen LogP contribution in [-0.4, -0.2) is 0 Å².